The van der Waals surface area contributed by atoms with Gasteiger partial charge in [-0.2, -0.15) is 13.2 Å². The number of hydrogen-bond donors (Lipinski definition) is 1. The zero-order valence-corrected chi connectivity index (χ0v) is 10.4. The van der Waals surface area contributed by atoms with Gasteiger partial charge in [0.25, 0.3) is 0 Å². The lowest BCUT2D eigenvalue weighted by atomic mass is 10.2. The second-order valence-corrected chi connectivity index (χ2v) is 3.95. The van der Waals surface area contributed by atoms with Crippen molar-refractivity contribution >= 4 is 23.3 Å². The Morgan fingerprint density at radius 2 is 2.00 bits per heavy atom. The molecule has 0 aliphatic rings. The third kappa shape index (κ3) is 5.80. The molecule has 4 nitrogen and oxygen atoms in total. The van der Waals surface area contributed by atoms with E-state index in [1.165, 1.54) is 18.2 Å². The molecule has 1 rings (SSSR count). The summed E-state index contributed by atoms with van der Waals surface area (Å²) in [5.74, 6) is -0.709. The highest BCUT2D eigenvalue weighted by Crippen LogP contribution is 2.20. The fourth-order valence-corrected chi connectivity index (χ4v) is 1.25. The van der Waals surface area contributed by atoms with Crippen molar-refractivity contribution in [1.82, 2.24) is 0 Å². The number of halogens is 4. The Bertz CT molecular complexity index is 451. The molecule has 0 unspecified atom stereocenters. The van der Waals surface area contributed by atoms with Crippen molar-refractivity contribution in [2.45, 2.75) is 6.18 Å². The highest BCUT2D eigenvalue weighted by molar-refractivity contribution is 6.33. The molecule has 1 aromatic rings. The fourth-order valence-electron chi connectivity index (χ4n) is 1.14. The van der Waals surface area contributed by atoms with Crippen LogP contribution in [-0.4, -0.2) is 32.0 Å². The molecule has 0 aromatic heterocycles. The van der Waals surface area contributed by atoms with Gasteiger partial charge in [0.05, 0.1) is 22.9 Å². The first kappa shape index (κ1) is 15.6. The number of alkyl halides is 3. The number of carbonyl (C=O) groups excluding carboxylic acids is 1. The molecule has 0 spiro atoms. The van der Waals surface area contributed by atoms with Crippen molar-refractivity contribution in [2.24, 2.45) is 0 Å². The summed E-state index contributed by atoms with van der Waals surface area (Å²) in [6.07, 6.45) is -4.39. The zero-order valence-electron chi connectivity index (χ0n) is 9.67. The monoisotopic (exact) mass is 297 g/mol. The molecule has 0 radical (unpaired) electrons. The first-order valence-electron chi connectivity index (χ1n) is 5.16. The van der Waals surface area contributed by atoms with Crippen LogP contribution < -0.4 is 5.73 Å². The van der Waals surface area contributed by atoms with Gasteiger partial charge in [-0.05, 0) is 18.2 Å². The highest BCUT2D eigenvalue weighted by atomic mass is 35.5. The number of nitrogens with two attached hydrogens (primary N) is 1. The number of esters is 1. The quantitative estimate of drug-likeness (QED) is 0.515. The lowest BCUT2D eigenvalue weighted by Gasteiger charge is -2.08. The van der Waals surface area contributed by atoms with Crippen molar-refractivity contribution in [3.8, 4) is 0 Å². The van der Waals surface area contributed by atoms with Gasteiger partial charge in [0.2, 0.25) is 0 Å². The summed E-state index contributed by atoms with van der Waals surface area (Å²) in [4.78, 5) is 11.5. The molecule has 0 aliphatic carbocycles. The van der Waals surface area contributed by atoms with Crippen molar-refractivity contribution in [3.63, 3.8) is 0 Å². The van der Waals surface area contributed by atoms with Crippen LogP contribution in [0.25, 0.3) is 0 Å². The molecule has 106 valence electrons. The Labute approximate surface area is 112 Å². The van der Waals surface area contributed by atoms with Crippen LogP contribution in [0.5, 0.6) is 0 Å². The molecule has 0 fully saturated rings. The van der Waals surface area contributed by atoms with Crippen LogP contribution in [0.2, 0.25) is 5.02 Å². The van der Waals surface area contributed by atoms with Crippen LogP contribution in [0.15, 0.2) is 18.2 Å². The summed E-state index contributed by atoms with van der Waals surface area (Å²) >= 11 is 5.67. The number of anilines is 1. The Morgan fingerprint density at radius 1 is 1.32 bits per heavy atom. The maximum atomic E-state index is 11.7. The third-order valence-electron chi connectivity index (χ3n) is 1.96. The average molecular weight is 298 g/mol. The molecule has 1 aromatic carbocycles. The first-order chi connectivity index (χ1) is 8.79. The lowest BCUT2D eigenvalue weighted by Crippen LogP contribution is -2.19. The smallest absolute Gasteiger partial charge is 0.411 e. The lowest BCUT2D eigenvalue weighted by molar-refractivity contribution is -0.175. The van der Waals surface area contributed by atoms with Gasteiger partial charge in [0.1, 0.15) is 13.2 Å². The minimum Gasteiger partial charge on any atom is -0.460 e. The molecular formula is C11H11ClF3NO3. The van der Waals surface area contributed by atoms with E-state index >= 15 is 0 Å². The second-order valence-electron chi connectivity index (χ2n) is 3.54. The van der Waals surface area contributed by atoms with Crippen LogP contribution in [0.4, 0.5) is 18.9 Å². The van der Waals surface area contributed by atoms with Gasteiger partial charge in [-0.3, -0.25) is 0 Å². The van der Waals surface area contributed by atoms with Crippen LogP contribution in [0.1, 0.15) is 10.4 Å². The molecule has 0 bridgehead atoms. The molecule has 2 N–H and O–H groups in total. The van der Waals surface area contributed by atoms with E-state index < -0.39 is 18.8 Å². The molecule has 0 heterocycles. The minimum atomic E-state index is -4.39. The maximum Gasteiger partial charge on any atom is 0.411 e. The Morgan fingerprint density at radius 3 is 2.58 bits per heavy atom. The van der Waals surface area contributed by atoms with Gasteiger partial charge in [-0.25, -0.2) is 4.79 Å². The van der Waals surface area contributed by atoms with Gasteiger partial charge >= 0.3 is 12.1 Å². The Hall–Kier alpha value is -1.47. The van der Waals surface area contributed by atoms with Crippen LogP contribution in [0.3, 0.4) is 0 Å². The van der Waals surface area contributed by atoms with E-state index in [-0.39, 0.29) is 24.5 Å². The van der Waals surface area contributed by atoms with Gasteiger partial charge in [-0.1, -0.05) is 11.6 Å². The van der Waals surface area contributed by atoms with Gasteiger partial charge in [-0.15, -0.1) is 0 Å². The number of nitrogen functional groups attached to an aromatic ring is 1. The van der Waals surface area contributed by atoms with Crippen molar-refractivity contribution < 1.29 is 27.4 Å². The highest BCUT2D eigenvalue weighted by Gasteiger charge is 2.27. The third-order valence-corrected chi connectivity index (χ3v) is 2.30. The van der Waals surface area contributed by atoms with Gasteiger partial charge < -0.3 is 15.2 Å². The van der Waals surface area contributed by atoms with E-state index in [0.717, 1.165) is 0 Å². The molecule has 0 amide bonds. The molecule has 8 heteroatoms. The van der Waals surface area contributed by atoms with E-state index in [1.807, 2.05) is 0 Å². The molecule has 0 saturated heterocycles. The van der Waals surface area contributed by atoms with E-state index in [4.69, 9.17) is 22.1 Å². The van der Waals surface area contributed by atoms with Crippen LogP contribution in [0, 0.1) is 0 Å². The predicted octanol–water partition coefficient (Wildman–Crippen LogP) is 2.66. The van der Waals surface area contributed by atoms with Crippen molar-refractivity contribution in [3.05, 3.63) is 28.8 Å². The Balaban J connectivity index is 2.33. The summed E-state index contributed by atoms with van der Waals surface area (Å²) < 4.78 is 44.2. The SMILES string of the molecule is Nc1cc(C(=O)OCCOCC(F)(F)F)ccc1Cl. The van der Waals surface area contributed by atoms with E-state index in [1.54, 1.807) is 0 Å². The van der Waals surface area contributed by atoms with Crippen LogP contribution >= 0.6 is 11.6 Å². The zero-order chi connectivity index (χ0) is 14.5. The Kier molecular flexibility index (Phi) is 5.44. The molecule has 0 aliphatic heterocycles. The van der Waals surface area contributed by atoms with E-state index in [2.05, 4.69) is 4.74 Å². The number of rotatable bonds is 5. The second kappa shape index (κ2) is 6.63. The number of carbonyl (C=O) groups is 1. The average Bonchev–Trinajstić information content (AvgIpc) is 2.30. The summed E-state index contributed by atoms with van der Waals surface area (Å²) in [6.45, 7) is -2.00. The summed E-state index contributed by atoms with van der Waals surface area (Å²) in [6, 6.07) is 4.15. The fraction of sp³-hybridized carbons (Fsp3) is 0.364. The molecule has 0 atom stereocenters. The van der Waals surface area contributed by atoms with Crippen molar-refractivity contribution in [1.29, 1.82) is 0 Å². The van der Waals surface area contributed by atoms with E-state index in [9.17, 15) is 18.0 Å². The largest absolute Gasteiger partial charge is 0.460 e. The summed E-state index contributed by atoms with van der Waals surface area (Å²) in [5.41, 5.74) is 5.87. The number of hydrogen-bond acceptors (Lipinski definition) is 4. The van der Waals surface area contributed by atoms with Gasteiger partial charge in [0.15, 0.2) is 0 Å². The number of ether oxygens (including phenoxy) is 2. The minimum absolute atomic E-state index is 0.165. The van der Waals surface area contributed by atoms with Crippen LogP contribution in [-0.2, 0) is 9.47 Å². The van der Waals surface area contributed by atoms with E-state index in [0.29, 0.717) is 5.02 Å². The van der Waals surface area contributed by atoms with Gasteiger partial charge in [0, 0.05) is 0 Å². The summed E-state index contributed by atoms with van der Waals surface area (Å²) in [7, 11) is 0. The molecule has 0 saturated carbocycles. The molecule has 19 heavy (non-hydrogen) atoms. The van der Waals surface area contributed by atoms with Crippen molar-refractivity contribution in [2.75, 3.05) is 25.6 Å². The first-order valence-corrected chi connectivity index (χ1v) is 5.54. The topological polar surface area (TPSA) is 61.6 Å². The normalized spacial score (nSPS) is 11.4. The number of benzene rings is 1. The molecular weight excluding hydrogens is 287 g/mol. The maximum absolute atomic E-state index is 11.7. The standard InChI is InChI=1S/C11H11ClF3NO3/c12-8-2-1-7(5-9(8)16)10(17)19-4-3-18-6-11(13,14)15/h1-2,5H,3-4,6,16H2. The summed E-state index contributed by atoms with van der Waals surface area (Å²) in [5, 5.41) is 0.296. The predicted molar refractivity (Wildman–Crippen MR) is 63.0 cm³/mol.